The van der Waals surface area contributed by atoms with Crippen molar-refractivity contribution in [2.75, 3.05) is 0 Å². The molecule has 0 unspecified atom stereocenters. The third-order valence-electron chi connectivity index (χ3n) is 2.75. The Hall–Kier alpha value is -2.56. The number of ketones is 1. The lowest BCUT2D eigenvalue weighted by atomic mass is 10.1. The first-order valence-electron chi connectivity index (χ1n) is 5.90. The van der Waals surface area contributed by atoms with E-state index < -0.39 is 0 Å². The number of Topliss-reactive ketones (excluding diaryl/α,β-unsaturated/α-hetero) is 1. The monoisotopic (exact) mass is 253 g/mol. The number of carbonyl (C=O) groups is 1. The molecule has 5 nitrogen and oxygen atoms in total. The molecule has 19 heavy (non-hydrogen) atoms. The Balaban J connectivity index is 2.09. The molecular weight excluding hydrogens is 242 g/mol. The number of pyridine rings is 1. The van der Waals surface area contributed by atoms with Crippen molar-refractivity contribution >= 4 is 16.6 Å². The fourth-order valence-corrected chi connectivity index (χ4v) is 1.93. The Bertz CT molecular complexity index is 744. The number of aromatic nitrogens is 3. The molecule has 3 rings (SSSR count). The molecule has 0 atom stereocenters. The van der Waals surface area contributed by atoms with Crippen molar-refractivity contribution in [2.24, 2.45) is 0 Å². The van der Waals surface area contributed by atoms with Crippen LogP contribution in [0.25, 0.3) is 22.3 Å². The minimum Gasteiger partial charge on any atom is -0.338 e. The highest BCUT2D eigenvalue weighted by Crippen LogP contribution is 2.23. The standard InChI is InChI=1S/C14H11N3O2/c1-9(18)8-12-16-14(17-19-12)13-11-5-3-2-4-10(11)6-7-15-13/h2-7H,8H2,1H3. The fraction of sp³-hybridized carbons (Fsp3) is 0.143. The Kier molecular flexibility index (Phi) is 2.79. The zero-order valence-corrected chi connectivity index (χ0v) is 10.3. The van der Waals surface area contributed by atoms with Crippen LogP contribution >= 0.6 is 0 Å². The summed E-state index contributed by atoms with van der Waals surface area (Å²) in [6, 6.07) is 9.78. The van der Waals surface area contributed by atoms with E-state index in [1.54, 1.807) is 6.20 Å². The smallest absolute Gasteiger partial charge is 0.234 e. The second kappa shape index (κ2) is 4.61. The molecule has 0 bridgehead atoms. The van der Waals surface area contributed by atoms with Crippen LogP contribution in [0.3, 0.4) is 0 Å². The summed E-state index contributed by atoms with van der Waals surface area (Å²) >= 11 is 0. The first-order chi connectivity index (χ1) is 9.24. The molecule has 2 heterocycles. The van der Waals surface area contributed by atoms with Crippen molar-refractivity contribution in [1.82, 2.24) is 15.1 Å². The van der Waals surface area contributed by atoms with Gasteiger partial charge in [-0.05, 0) is 18.4 Å². The number of rotatable bonds is 3. The molecule has 2 aromatic heterocycles. The van der Waals surface area contributed by atoms with Gasteiger partial charge in [0, 0.05) is 11.6 Å². The van der Waals surface area contributed by atoms with E-state index in [0.717, 1.165) is 10.8 Å². The van der Waals surface area contributed by atoms with Crippen LogP contribution in [0, 0.1) is 0 Å². The van der Waals surface area contributed by atoms with E-state index in [0.29, 0.717) is 17.4 Å². The molecule has 0 amide bonds. The van der Waals surface area contributed by atoms with E-state index >= 15 is 0 Å². The predicted molar refractivity (Wildman–Crippen MR) is 69.4 cm³/mol. The molecular formula is C14H11N3O2. The van der Waals surface area contributed by atoms with Crippen LogP contribution in [0.15, 0.2) is 41.1 Å². The SMILES string of the molecule is CC(=O)Cc1nc(-c2nccc3ccccc23)no1. The molecule has 0 N–H and O–H groups in total. The summed E-state index contributed by atoms with van der Waals surface area (Å²) in [6.45, 7) is 1.49. The lowest BCUT2D eigenvalue weighted by Crippen LogP contribution is -1.96. The van der Waals surface area contributed by atoms with E-state index in [-0.39, 0.29) is 12.2 Å². The van der Waals surface area contributed by atoms with Crippen LogP contribution in [-0.4, -0.2) is 20.9 Å². The summed E-state index contributed by atoms with van der Waals surface area (Å²) in [5.74, 6) is 0.714. The first kappa shape index (κ1) is 11.5. The van der Waals surface area contributed by atoms with E-state index in [1.807, 2.05) is 30.3 Å². The quantitative estimate of drug-likeness (QED) is 0.717. The Labute approximate surface area is 109 Å². The average molecular weight is 253 g/mol. The third-order valence-corrected chi connectivity index (χ3v) is 2.75. The largest absolute Gasteiger partial charge is 0.338 e. The van der Waals surface area contributed by atoms with Crippen LogP contribution in [0.2, 0.25) is 0 Å². The molecule has 0 aliphatic heterocycles. The third kappa shape index (κ3) is 2.22. The van der Waals surface area contributed by atoms with Crippen LogP contribution in [0.5, 0.6) is 0 Å². The van der Waals surface area contributed by atoms with Crippen molar-refractivity contribution in [2.45, 2.75) is 13.3 Å². The zero-order chi connectivity index (χ0) is 13.2. The maximum Gasteiger partial charge on any atom is 0.234 e. The number of benzene rings is 1. The number of carbonyl (C=O) groups excluding carboxylic acids is 1. The predicted octanol–water partition coefficient (Wildman–Crippen LogP) is 2.42. The second-order valence-electron chi connectivity index (χ2n) is 4.27. The van der Waals surface area contributed by atoms with Gasteiger partial charge in [-0.15, -0.1) is 0 Å². The molecule has 0 aliphatic rings. The van der Waals surface area contributed by atoms with E-state index in [9.17, 15) is 4.79 Å². The highest BCUT2D eigenvalue weighted by atomic mass is 16.5. The van der Waals surface area contributed by atoms with Crippen LogP contribution in [0.4, 0.5) is 0 Å². The maximum absolute atomic E-state index is 11.0. The highest BCUT2D eigenvalue weighted by molar-refractivity contribution is 5.92. The van der Waals surface area contributed by atoms with Gasteiger partial charge in [0.2, 0.25) is 11.7 Å². The summed E-state index contributed by atoms with van der Waals surface area (Å²) < 4.78 is 5.06. The average Bonchev–Trinajstić information content (AvgIpc) is 2.85. The van der Waals surface area contributed by atoms with Gasteiger partial charge in [-0.2, -0.15) is 4.98 Å². The number of fused-ring (bicyclic) bond motifs is 1. The summed E-state index contributed by atoms with van der Waals surface area (Å²) in [6.07, 6.45) is 1.86. The molecule has 5 heteroatoms. The Morgan fingerprint density at radius 3 is 2.95 bits per heavy atom. The minimum absolute atomic E-state index is 0.0129. The van der Waals surface area contributed by atoms with E-state index in [4.69, 9.17) is 4.52 Å². The molecule has 94 valence electrons. The van der Waals surface area contributed by atoms with Crippen molar-refractivity contribution in [1.29, 1.82) is 0 Å². The van der Waals surface area contributed by atoms with Crippen molar-refractivity contribution in [3.63, 3.8) is 0 Å². The van der Waals surface area contributed by atoms with Crippen molar-refractivity contribution < 1.29 is 9.32 Å². The van der Waals surface area contributed by atoms with Gasteiger partial charge >= 0.3 is 0 Å². The topological polar surface area (TPSA) is 68.9 Å². The first-order valence-corrected chi connectivity index (χ1v) is 5.90. The van der Waals surface area contributed by atoms with Crippen LogP contribution < -0.4 is 0 Å². The van der Waals surface area contributed by atoms with Gasteiger partial charge in [-0.3, -0.25) is 9.78 Å². The highest BCUT2D eigenvalue weighted by Gasteiger charge is 2.13. The summed E-state index contributed by atoms with van der Waals surface area (Å²) in [5.41, 5.74) is 0.664. The summed E-state index contributed by atoms with van der Waals surface area (Å²) in [7, 11) is 0. The number of hydrogen-bond acceptors (Lipinski definition) is 5. The molecule has 0 radical (unpaired) electrons. The Morgan fingerprint density at radius 1 is 1.26 bits per heavy atom. The number of nitrogens with zero attached hydrogens (tertiary/aromatic N) is 3. The lowest BCUT2D eigenvalue weighted by Gasteiger charge is -2.00. The fourth-order valence-electron chi connectivity index (χ4n) is 1.93. The van der Waals surface area contributed by atoms with Gasteiger partial charge < -0.3 is 4.52 Å². The van der Waals surface area contributed by atoms with Crippen LogP contribution in [0.1, 0.15) is 12.8 Å². The van der Waals surface area contributed by atoms with Gasteiger partial charge in [0.1, 0.15) is 11.5 Å². The molecule has 0 spiro atoms. The minimum atomic E-state index is -0.0129. The van der Waals surface area contributed by atoms with E-state index in [1.165, 1.54) is 6.92 Å². The van der Waals surface area contributed by atoms with Gasteiger partial charge in [-0.25, -0.2) is 0 Å². The molecule has 0 fully saturated rings. The van der Waals surface area contributed by atoms with E-state index in [2.05, 4.69) is 15.1 Å². The van der Waals surface area contributed by atoms with Gasteiger partial charge in [0.15, 0.2) is 0 Å². The second-order valence-corrected chi connectivity index (χ2v) is 4.27. The van der Waals surface area contributed by atoms with Gasteiger partial charge in [0.25, 0.3) is 0 Å². The summed E-state index contributed by atoms with van der Waals surface area (Å²) in [4.78, 5) is 19.5. The zero-order valence-electron chi connectivity index (χ0n) is 10.3. The molecule has 0 aliphatic carbocycles. The van der Waals surface area contributed by atoms with Crippen LogP contribution in [-0.2, 0) is 11.2 Å². The summed E-state index contributed by atoms with van der Waals surface area (Å²) in [5, 5.41) is 5.91. The maximum atomic E-state index is 11.0. The molecule has 0 saturated heterocycles. The molecule has 3 aromatic rings. The number of hydrogen-bond donors (Lipinski definition) is 0. The molecule has 0 saturated carbocycles. The van der Waals surface area contributed by atoms with Crippen molar-refractivity contribution in [3.8, 4) is 11.5 Å². The molecule has 1 aromatic carbocycles. The lowest BCUT2D eigenvalue weighted by molar-refractivity contribution is -0.116. The van der Waals surface area contributed by atoms with Gasteiger partial charge in [0.05, 0.1) is 6.42 Å². The van der Waals surface area contributed by atoms with Crippen molar-refractivity contribution in [3.05, 3.63) is 42.4 Å². The Morgan fingerprint density at radius 2 is 2.11 bits per heavy atom. The van der Waals surface area contributed by atoms with Gasteiger partial charge in [-0.1, -0.05) is 29.4 Å². The normalized spacial score (nSPS) is 10.8.